The zero-order valence-electron chi connectivity index (χ0n) is 10.7. The van der Waals surface area contributed by atoms with Crippen LogP contribution in [-0.4, -0.2) is 28.4 Å². The molecule has 0 bridgehead atoms. The largest absolute Gasteiger partial charge is 0.388 e. The molecule has 2 aromatic rings. The molecule has 3 rings (SSSR count). The average Bonchev–Trinajstić information content (AvgIpc) is 3.07. The quantitative estimate of drug-likeness (QED) is 0.879. The molecule has 0 radical (unpaired) electrons. The SMILES string of the molecule is O=C1c2ccccc2C(=O)N1CCC(O)c1cccs1. The van der Waals surface area contributed by atoms with Crippen LogP contribution in [-0.2, 0) is 0 Å². The van der Waals surface area contributed by atoms with Gasteiger partial charge in [0.2, 0.25) is 0 Å². The summed E-state index contributed by atoms with van der Waals surface area (Å²) in [7, 11) is 0. The van der Waals surface area contributed by atoms with Gasteiger partial charge >= 0.3 is 0 Å². The Morgan fingerprint density at radius 2 is 1.70 bits per heavy atom. The number of nitrogens with zero attached hydrogens (tertiary/aromatic N) is 1. The summed E-state index contributed by atoms with van der Waals surface area (Å²) < 4.78 is 0. The second kappa shape index (κ2) is 5.19. The number of fused-ring (bicyclic) bond motifs is 1. The van der Waals surface area contributed by atoms with Gasteiger partial charge in [0.1, 0.15) is 0 Å². The Morgan fingerprint density at radius 3 is 2.25 bits per heavy atom. The minimum atomic E-state index is -0.640. The second-order valence-corrected chi connectivity index (χ2v) is 5.61. The molecule has 1 aliphatic rings. The lowest BCUT2D eigenvalue weighted by Gasteiger charge is -2.16. The lowest BCUT2D eigenvalue weighted by atomic mass is 10.1. The van der Waals surface area contributed by atoms with Crippen LogP contribution < -0.4 is 0 Å². The van der Waals surface area contributed by atoms with E-state index in [4.69, 9.17) is 0 Å². The van der Waals surface area contributed by atoms with Crippen molar-refractivity contribution in [1.82, 2.24) is 4.90 Å². The van der Waals surface area contributed by atoms with Gasteiger partial charge in [-0.1, -0.05) is 18.2 Å². The normalized spacial score (nSPS) is 15.6. The van der Waals surface area contributed by atoms with Crippen molar-refractivity contribution in [3.63, 3.8) is 0 Å². The minimum Gasteiger partial charge on any atom is -0.388 e. The number of amides is 2. The van der Waals surface area contributed by atoms with Crippen LogP contribution in [0.4, 0.5) is 0 Å². The molecule has 4 nitrogen and oxygen atoms in total. The van der Waals surface area contributed by atoms with Crippen molar-refractivity contribution in [1.29, 1.82) is 0 Å². The Labute approximate surface area is 120 Å². The highest BCUT2D eigenvalue weighted by atomic mass is 32.1. The van der Waals surface area contributed by atoms with E-state index in [1.807, 2.05) is 17.5 Å². The van der Waals surface area contributed by atoms with Crippen molar-refractivity contribution in [2.24, 2.45) is 0 Å². The number of aliphatic hydroxyl groups excluding tert-OH is 1. The zero-order valence-corrected chi connectivity index (χ0v) is 11.5. The smallest absolute Gasteiger partial charge is 0.261 e. The van der Waals surface area contributed by atoms with Crippen LogP contribution in [0.2, 0.25) is 0 Å². The molecular formula is C15H13NO3S. The van der Waals surface area contributed by atoms with Gasteiger partial charge in [0.25, 0.3) is 11.8 Å². The summed E-state index contributed by atoms with van der Waals surface area (Å²) in [4.78, 5) is 26.3. The molecule has 0 saturated carbocycles. The van der Waals surface area contributed by atoms with Crippen molar-refractivity contribution in [3.8, 4) is 0 Å². The van der Waals surface area contributed by atoms with Crippen molar-refractivity contribution in [2.45, 2.75) is 12.5 Å². The van der Waals surface area contributed by atoms with Crippen LogP contribution in [0, 0.1) is 0 Å². The summed E-state index contributed by atoms with van der Waals surface area (Å²) in [5.74, 6) is -0.548. The summed E-state index contributed by atoms with van der Waals surface area (Å²) in [6.45, 7) is 0.228. The topological polar surface area (TPSA) is 57.6 Å². The van der Waals surface area contributed by atoms with Crippen LogP contribution in [0.3, 0.4) is 0 Å². The molecule has 20 heavy (non-hydrogen) atoms. The van der Waals surface area contributed by atoms with Gasteiger partial charge in [-0.25, -0.2) is 0 Å². The van der Waals surface area contributed by atoms with Crippen molar-refractivity contribution in [3.05, 3.63) is 57.8 Å². The number of carbonyl (C=O) groups excluding carboxylic acids is 2. The van der Waals surface area contributed by atoms with Crippen LogP contribution >= 0.6 is 11.3 Å². The molecule has 5 heteroatoms. The number of imide groups is 1. The van der Waals surface area contributed by atoms with Crippen molar-refractivity contribution < 1.29 is 14.7 Å². The number of thiophene rings is 1. The molecule has 1 N–H and O–H groups in total. The third-order valence-corrected chi connectivity index (χ3v) is 4.35. The molecule has 0 saturated heterocycles. The standard InChI is InChI=1S/C15H13NO3S/c17-12(13-6-3-9-20-13)7-8-16-14(18)10-4-1-2-5-11(10)15(16)19/h1-6,9,12,17H,7-8H2. The summed E-state index contributed by atoms with van der Waals surface area (Å²) in [6, 6.07) is 10.5. The van der Waals surface area contributed by atoms with Crippen LogP contribution in [0.5, 0.6) is 0 Å². The third kappa shape index (κ3) is 2.15. The molecule has 1 unspecified atom stereocenters. The zero-order chi connectivity index (χ0) is 14.1. The predicted octanol–water partition coefficient (Wildman–Crippen LogP) is 2.47. The average molecular weight is 287 g/mol. The highest BCUT2D eigenvalue weighted by Gasteiger charge is 2.34. The number of hydrogen-bond donors (Lipinski definition) is 1. The summed E-state index contributed by atoms with van der Waals surface area (Å²) in [6.07, 6.45) is -0.286. The van der Waals surface area contributed by atoms with Crippen LogP contribution in [0.15, 0.2) is 41.8 Å². The van der Waals surface area contributed by atoms with Gasteiger partial charge in [0, 0.05) is 11.4 Å². The molecule has 2 heterocycles. The Balaban J connectivity index is 1.71. The van der Waals surface area contributed by atoms with E-state index >= 15 is 0 Å². The van der Waals surface area contributed by atoms with Gasteiger partial charge in [-0.3, -0.25) is 14.5 Å². The van der Waals surface area contributed by atoms with E-state index in [2.05, 4.69) is 0 Å². The Hall–Kier alpha value is -1.98. The van der Waals surface area contributed by atoms with Crippen molar-refractivity contribution >= 4 is 23.2 Å². The maximum atomic E-state index is 12.1. The fourth-order valence-electron chi connectivity index (χ4n) is 2.32. The van der Waals surface area contributed by atoms with E-state index in [9.17, 15) is 14.7 Å². The first-order chi connectivity index (χ1) is 9.68. The van der Waals surface area contributed by atoms with E-state index in [0.717, 1.165) is 4.88 Å². The second-order valence-electron chi connectivity index (χ2n) is 4.63. The maximum absolute atomic E-state index is 12.1. The number of hydrogen-bond acceptors (Lipinski definition) is 4. The Bertz CT molecular complexity index is 616. The molecule has 1 aromatic heterocycles. The number of carbonyl (C=O) groups is 2. The molecule has 1 aliphatic heterocycles. The molecular weight excluding hydrogens is 274 g/mol. The summed E-state index contributed by atoms with van der Waals surface area (Å²) in [5.41, 5.74) is 0.895. The van der Waals surface area contributed by atoms with Crippen LogP contribution in [0.1, 0.15) is 38.1 Å². The first-order valence-corrected chi connectivity index (χ1v) is 7.23. The Kier molecular flexibility index (Phi) is 3.38. The summed E-state index contributed by atoms with van der Waals surface area (Å²) in [5, 5.41) is 11.9. The van der Waals surface area contributed by atoms with E-state index in [1.54, 1.807) is 24.3 Å². The maximum Gasteiger partial charge on any atom is 0.261 e. The van der Waals surface area contributed by atoms with E-state index in [0.29, 0.717) is 17.5 Å². The molecule has 102 valence electrons. The number of rotatable bonds is 4. The fraction of sp³-hybridized carbons (Fsp3) is 0.200. The molecule has 1 atom stereocenters. The fourth-order valence-corrected chi connectivity index (χ4v) is 3.06. The molecule has 0 spiro atoms. The minimum absolute atomic E-state index is 0.228. The monoisotopic (exact) mass is 287 g/mol. The van der Waals surface area contributed by atoms with Crippen molar-refractivity contribution in [2.75, 3.05) is 6.54 Å². The highest BCUT2D eigenvalue weighted by Crippen LogP contribution is 2.26. The molecule has 2 amide bonds. The van der Waals surface area contributed by atoms with Gasteiger partial charge in [-0.05, 0) is 30.0 Å². The van der Waals surface area contributed by atoms with Crippen LogP contribution in [0.25, 0.3) is 0 Å². The lowest BCUT2D eigenvalue weighted by molar-refractivity contribution is 0.0623. The van der Waals surface area contributed by atoms with Gasteiger partial charge in [-0.15, -0.1) is 11.3 Å². The van der Waals surface area contributed by atoms with Gasteiger partial charge in [0.05, 0.1) is 17.2 Å². The van der Waals surface area contributed by atoms with E-state index in [-0.39, 0.29) is 18.4 Å². The van der Waals surface area contributed by atoms with Gasteiger partial charge in [-0.2, -0.15) is 0 Å². The number of aliphatic hydroxyl groups is 1. The highest BCUT2D eigenvalue weighted by molar-refractivity contribution is 7.10. The molecule has 0 fully saturated rings. The molecule has 1 aromatic carbocycles. The molecule has 0 aliphatic carbocycles. The Morgan fingerprint density at radius 1 is 1.05 bits per heavy atom. The third-order valence-electron chi connectivity index (χ3n) is 3.38. The summed E-state index contributed by atoms with van der Waals surface area (Å²) >= 11 is 1.46. The number of benzene rings is 1. The van der Waals surface area contributed by atoms with E-state index < -0.39 is 6.10 Å². The van der Waals surface area contributed by atoms with Gasteiger partial charge in [0.15, 0.2) is 0 Å². The van der Waals surface area contributed by atoms with E-state index in [1.165, 1.54) is 16.2 Å². The predicted molar refractivity (Wildman–Crippen MR) is 75.7 cm³/mol. The first kappa shape index (κ1) is 13.0. The first-order valence-electron chi connectivity index (χ1n) is 6.35. The lowest BCUT2D eigenvalue weighted by Crippen LogP contribution is -2.31. The van der Waals surface area contributed by atoms with Gasteiger partial charge < -0.3 is 5.11 Å².